The van der Waals surface area contributed by atoms with Crippen molar-refractivity contribution in [2.45, 2.75) is 24.5 Å². The van der Waals surface area contributed by atoms with E-state index in [9.17, 15) is 8.42 Å². The molecule has 0 spiro atoms. The zero-order valence-corrected chi connectivity index (χ0v) is 7.40. The molecule has 0 radical (unpaired) electrons. The minimum atomic E-state index is -3.51. The number of hydrogen-bond donors (Lipinski definition) is 0. The molecule has 5 heteroatoms. The van der Waals surface area contributed by atoms with Crippen LogP contribution >= 0.6 is 10.7 Å². The maximum Gasteiger partial charge on any atom is 0.236 e. The first-order valence-electron chi connectivity index (χ1n) is 3.39. The molecule has 0 aliphatic heterocycles. The summed E-state index contributed by atoms with van der Waals surface area (Å²) in [5.74, 6) is -0.391. The lowest BCUT2D eigenvalue weighted by Gasteiger charge is -2.07. The fourth-order valence-corrected chi connectivity index (χ4v) is 3.09. The SMILES string of the molecule is N#CC1CCCC1S(=O)(=O)Cl. The topological polar surface area (TPSA) is 57.9 Å². The second kappa shape index (κ2) is 3.00. The molecule has 0 amide bonds. The summed E-state index contributed by atoms with van der Waals surface area (Å²) < 4.78 is 21.6. The third kappa shape index (κ3) is 1.85. The van der Waals surface area contributed by atoms with Gasteiger partial charge in [0.15, 0.2) is 0 Å². The van der Waals surface area contributed by atoms with E-state index < -0.39 is 20.2 Å². The highest BCUT2D eigenvalue weighted by Crippen LogP contribution is 2.32. The Kier molecular flexibility index (Phi) is 2.40. The van der Waals surface area contributed by atoms with Crippen LogP contribution in [0.2, 0.25) is 0 Å². The van der Waals surface area contributed by atoms with Crippen LogP contribution in [0, 0.1) is 17.2 Å². The summed E-state index contributed by atoms with van der Waals surface area (Å²) in [7, 11) is 1.62. The summed E-state index contributed by atoms with van der Waals surface area (Å²) in [6.07, 6.45) is 1.98. The molecule has 2 unspecified atom stereocenters. The van der Waals surface area contributed by atoms with Gasteiger partial charge >= 0.3 is 0 Å². The predicted molar refractivity (Wildman–Crippen MR) is 41.5 cm³/mol. The van der Waals surface area contributed by atoms with E-state index in [2.05, 4.69) is 0 Å². The van der Waals surface area contributed by atoms with Gasteiger partial charge in [-0.25, -0.2) is 8.42 Å². The lowest BCUT2D eigenvalue weighted by atomic mass is 10.1. The fraction of sp³-hybridized carbons (Fsp3) is 0.833. The number of halogens is 1. The van der Waals surface area contributed by atoms with E-state index >= 15 is 0 Å². The molecule has 1 aliphatic rings. The molecule has 11 heavy (non-hydrogen) atoms. The molecule has 1 saturated carbocycles. The molecular formula is C6H8ClNO2S. The van der Waals surface area contributed by atoms with Gasteiger partial charge < -0.3 is 0 Å². The Morgan fingerprint density at radius 1 is 1.45 bits per heavy atom. The predicted octanol–water partition coefficient (Wildman–Crippen LogP) is 1.25. The molecule has 0 aromatic rings. The fourth-order valence-electron chi connectivity index (χ4n) is 1.41. The van der Waals surface area contributed by atoms with E-state index in [4.69, 9.17) is 15.9 Å². The molecule has 62 valence electrons. The van der Waals surface area contributed by atoms with Crippen molar-refractivity contribution >= 4 is 19.7 Å². The molecule has 1 rings (SSSR count). The van der Waals surface area contributed by atoms with E-state index in [0.29, 0.717) is 12.8 Å². The minimum Gasteiger partial charge on any atom is -0.212 e. The second-order valence-electron chi connectivity index (χ2n) is 2.68. The van der Waals surface area contributed by atoms with Crippen molar-refractivity contribution in [3.8, 4) is 6.07 Å². The first kappa shape index (κ1) is 8.82. The Bertz CT molecular complexity index is 279. The smallest absolute Gasteiger partial charge is 0.212 e. The van der Waals surface area contributed by atoms with Crippen LogP contribution in [0.4, 0.5) is 0 Å². The molecule has 0 heterocycles. The van der Waals surface area contributed by atoms with Crippen LogP contribution < -0.4 is 0 Å². The van der Waals surface area contributed by atoms with E-state index in [1.54, 1.807) is 0 Å². The maximum absolute atomic E-state index is 10.8. The summed E-state index contributed by atoms with van der Waals surface area (Å²) >= 11 is 0. The number of hydrogen-bond acceptors (Lipinski definition) is 3. The van der Waals surface area contributed by atoms with E-state index in [1.165, 1.54) is 0 Å². The molecule has 0 N–H and O–H groups in total. The highest BCUT2D eigenvalue weighted by atomic mass is 35.7. The number of nitrogens with zero attached hydrogens (tertiary/aromatic N) is 1. The molecule has 3 nitrogen and oxygen atoms in total. The molecule has 0 aromatic heterocycles. The first-order chi connectivity index (χ1) is 5.05. The Morgan fingerprint density at radius 2 is 2.09 bits per heavy atom. The van der Waals surface area contributed by atoms with Gasteiger partial charge in [-0.15, -0.1) is 0 Å². The van der Waals surface area contributed by atoms with E-state index in [1.807, 2.05) is 6.07 Å². The van der Waals surface area contributed by atoms with Gasteiger partial charge in [0.25, 0.3) is 0 Å². The average Bonchev–Trinajstić information content (AvgIpc) is 2.31. The van der Waals surface area contributed by atoms with Crippen molar-refractivity contribution in [1.82, 2.24) is 0 Å². The molecule has 1 aliphatic carbocycles. The summed E-state index contributed by atoms with van der Waals surface area (Å²) in [5.41, 5.74) is 0. The largest absolute Gasteiger partial charge is 0.236 e. The Balaban J connectivity index is 2.83. The van der Waals surface area contributed by atoms with Gasteiger partial charge in [-0.05, 0) is 12.8 Å². The van der Waals surface area contributed by atoms with Crippen LogP contribution in [-0.4, -0.2) is 13.7 Å². The average molecular weight is 194 g/mol. The van der Waals surface area contributed by atoms with Gasteiger partial charge in [0, 0.05) is 10.7 Å². The first-order valence-corrected chi connectivity index (χ1v) is 5.76. The van der Waals surface area contributed by atoms with Gasteiger partial charge in [0.2, 0.25) is 9.05 Å². The van der Waals surface area contributed by atoms with Crippen LogP contribution in [0.3, 0.4) is 0 Å². The van der Waals surface area contributed by atoms with Gasteiger partial charge in [0.05, 0.1) is 17.2 Å². The van der Waals surface area contributed by atoms with Gasteiger partial charge in [-0.2, -0.15) is 5.26 Å². The quantitative estimate of drug-likeness (QED) is 0.589. The highest BCUT2D eigenvalue weighted by molar-refractivity contribution is 8.14. The Morgan fingerprint density at radius 3 is 2.45 bits per heavy atom. The van der Waals surface area contributed by atoms with Crippen molar-refractivity contribution in [2.24, 2.45) is 5.92 Å². The van der Waals surface area contributed by atoms with E-state index in [0.717, 1.165) is 6.42 Å². The van der Waals surface area contributed by atoms with Crippen LogP contribution in [0.5, 0.6) is 0 Å². The second-order valence-corrected chi connectivity index (χ2v) is 5.53. The third-order valence-electron chi connectivity index (χ3n) is 1.98. The molecule has 1 fully saturated rings. The van der Waals surface area contributed by atoms with Gasteiger partial charge in [-0.3, -0.25) is 0 Å². The summed E-state index contributed by atoms with van der Waals surface area (Å²) in [6, 6.07) is 1.96. The highest BCUT2D eigenvalue weighted by Gasteiger charge is 2.36. The Labute approximate surface area is 70.4 Å². The third-order valence-corrected chi connectivity index (χ3v) is 3.95. The van der Waals surface area contributed by atoms with Gasteiger partial charge in [-0.1, -0.05) is 6.42 Å². The van der Waals surface area contributed by atoms with Crippen LogP contribution in [0.1, 0.15) is 19.3 Å². The lowest BCUT2D eigenvalue weighted by molar-refractivity contribution is 0.580. The zero-order chi connectivity index (χ0) is 8.48. The van der Waals surface area contributed by atoms with Gasteiger partial charge in [0.1, 0.15) is 0 Å². The van der Waals surface area contributed by atoms with Crippen LogP contribution in [0.15, 0.2) is 0 Å². The van der Waals surface area contributed by atoms with E-state index in [-0.39, 0.29) is 0 Å². The van der Waals surface area contributed by atoms with Crippen LogP contribution in [0.25, 0.3) is 0 Å². The molecule has 0 bridgehead atoms. The molecular weight excluding hydrogens is 186 g/mol. The van der Waals surface area contributed by atoms with Crippen molar-refractivity contribution < 1.29 is 8.42 Å². The zero-order valence-electron chi connectivity index (χ0n) is 5.83. The van der Waals surface area contributed by atoms with Crippen LogP contribution in [-0.2, 0) is 9.05 Å². The van der Waals surface area contributed by atoms with Crippen molar-refractivity contribution in [3.05, 3.63) is 0 Å². The van der Waals surface area contributed by atoms with Crippen molar-refractivity contribution in [3.63, 3.8) is 0 Å². The summed E-state index contributed by atoms with van der Waals surface area (Å²) in [4.78, 5) is 0. The molecule has 2 atom stereocenters. The van der Waals surface area contributed by atoms with Crippen molar-refractivity contribution in [2.75, 3.05) is 0 Å². The molecule has 0 aromatic carbocycles. The lowest BCUT2D eigenvalue weighted by Crippen LogP contribution is -2.19. The Hall–Kier alpha value is -0.270. The number of nitriles is 1. The minimum absolute atomic E-state index is 0.391. The number of rotatable bonds is 1. The molecule has 0 saturated heterocycles. The van der Waals surface area contributed by atoms with Crippen molar-refractivity contribution in [1.29, 1.82) is 5.26 Å². The maximum atomic E-state index is 10.8. The summed E-state index contributed by atoms with van der Waals surface area (Å²) in [5, 5.41) is 7.90. The standard InChI is InChI=1S/C6H8ClNO2S/c7-11(9,10)6-3-1-2-5(6)4-8/h5-6H,1-3H2. The summed E-state index contributed by atoms with van der Waals surface area (Å²) in [6.45, 7) is 0. The normalized spacial score (nSPS) is 31.6. The monoisotopic (exact) mass is 193 g/mol.